The number of rotatable bonds is 4. The summed E-state index contributed by atoms with van der Waals surface area (Å²) in [6.07, 6.45) is 3.96. The molecule has 0 saturated carbocycles. The SMILES string of the molecule is CSC(C)(C)[C@H](N)C(=O)N1Cc2nnc(C3CCOCC3)n2[C@@H](C)C1. The number of hydrogen-bond donors (Lipinski definition) is 1. The summed E-state index contributed by atoms with van der Waals surface area (Å²) in [6, 6.07) is -0.371. The second-order valence-corrected chi connectivity index (χ2v) is 9.04. The number of ether oxygens (including phenoxy) is 1. The van der Waals surface area contributed by atoms with E-state index in [1.54, 1.807) is 11.8 Å². The van der Waals surface area contributed by atoms with Crippen LogP contribution >= 0.6 is 11.8 Å². The largest absolute Gasteiger partial charge is 0.381 e. The van der Waals surface area contributed by atoms with Crippen molar-refractivity contribution < 1.29 is 9.53 Å². The lowest BCUT2D eigenvalue weighted by molar-refractivity contribution is -0.135. The Kier molecular flexibility index (Phi) is 5.41. The van der Waals surface area contributed by atoms with Gasteiger partial charge in [0, 0.05) is 30.4 Å². The number of amides is 1. The second-order valence-electron chi connectivity index (χ2n) is 7.58. The van der Waals surface area contributed by atoms with Gasteiger partial charge < -0.3 is 19.9 Å². The first-order valence-corrected chi connectivity index (χ1v) is 10.2. The minimum absolute atomic E-state index is 0.00642. The number of nitrogens with zero attached hydrogens (tertiary/aromatic N) is 4. The number of thioether (sulfide) groups is 1. The van der Waals surface area contributed by atoms with E-state index >= 15 is 0 Å². The fourth-order valence-electron chi connectivity index (χ4n) is 3.58. The molecule has 0 bridgehead atoms. The second kappa shape index (κ2) is 7.25. The number of carbonyl (C=O) groups excluding carboxylic acids is 1. The molecule has 2 N–H and O–H groups in total. The van der Waals surface area contributed by atoms with Crippen molar-refractivity contribution in [2.24, 2.45) is 5.73 Å². The summed E-state index contributed by atoms with van der Waals surface area (Å²) in [5, 5.41) is 8.85. The molecule has 140 valence electrons. The fraction of sp³-hybridized carbons (Fsp3) is 0.824. The number of fused-ring (bicyclic) bond motifs is 1. The van der Waals surface area contributed by atoms with Gasteiger partial charge in [-0.05, 0) is 39.9 Å². The smallest absolute Gasteiger partial charge is 0.241 e. The summed E-state index contributed by atoms with van der Waals surface area (Å²) < 4.78 is 7.39. The van der Waals surface area contributed by atoms with Crippen molar-refractivity contribution in [3.05, 3.63) is 11.6 Å². The molecule has 1 aromatic heterocycles. The lowest BCUT2D eigenvalue weighted by Gasteiger charge is -2.38. The molecular weight excluding hydrogens is 338 g/mol. The third-order valence-corrected chi connectivity index (χ3v) is 6.80. The van der Waals surface area contributed by atoms with Crippen LogP contribution in [0.2, 0.25) is 0 Å². The Balaban J connectivity index is 1.78. The molecule has 0 aliphatic carbocycles. The van der Waals surface area contributed by atoms with E-state index in [2.05, 4.69) is 21.7 Å². The van der Waals surface area contributed by atoms with E-state index in [4.69, 9.17) is 10.5 Å². The lowest BCUT2D eigenvalue weighted by Crippen LogP contribution is -2.55. The van der Waals surface area contributed by atoms with Gasteiger partial charge in [0.2, 0.25) is 5.91 Å². The quantitative estimate of drug-likeness (QED) is 0.869. The van der Waals surface area contributed by atoms with Gasteiger partial charge in [-0.2, -0.15) is 11.8 Å². The molecule has 3 rings (SSSR count). The molecule has 1 saturated heterocycles. The number of hydrogen-bond acceptors (Lipinski definition) is 6. The highest BCUT2D eigenvalue weighted by Crippen LogP contribution is 2.32. The van der Waals surface area contributed by atoms with E-state index in [1.807, 2.05) is 25.0 Å². The summed E-state index contributed by atoms with van der Waals surface area (Å²) in [6.45, 7) is 8.85. The molecule has 25 heavy (non-hydrogen) atoms. The summed E-state index contributed by atoms with van der Waals surface area (Å²) in [7, 11) is 0. The van der Waals surface area contributed by atoms with Crippen molar-refractivity contribution in [3.8, 4) is 0 Å². The van der Waals surface area contributed by atoms with Crippen LogP contribution in [0.5, 0.6) is 0 Å². The Hall–Kier alpha value is -1.12. The van der Waals surface area contributed by atoms with Crippen LogP contribution < -0.4 is 5.73 Å². The normalized spacial score (nSPS) is 23.4. The minimum atomic E-state index is -0.529. The van der Waals surface area contributed by atoms with E-state index in [9.17, 15) is 4.79 Å². The van der Waals surface area contributed by atoms with Crippen molar-refractivity contribution in [2.75, 3.05) is 26.0 Å². The maximum atomic E-state index is 12.9. The molecular formula is C17H29N5O2S. The van der Waals surface area contributed by atoms with Crippen molar-refractivity contribution in [2.45, 2.75) is 62.9 Å². The molecule has 2 atom stereocenters. The van der Waals surface area contributed by atoms with E-state index in [0.29, 0.717) is 19.0 Å². The molecule has 8 heteroatoms. The van der Waals surface area contributed by atoms with Gasteiger partial charge >= 0.3 is 0 Å². The van der Waals surface area contributed by atoms with Crippen LogP contribution in [-0.4, -0.2) is 62.4 Å². The summed E-state index contributed by atoms with van der Waals surface area (Å²) >= 11 is 1.62. The Morgan fingerprint density at radius 1 is 1.36 bits per heavy atom. The molecule has 0 unspecified atom stereocenters. The lowest BCUT2D eigenvalue weighted by atomic mass is 9.98. The molecule has 1 fully saturated rings. The van der Waals surface area contributed by atoms with E-state index in [1.165, 1.54) is 0 Å². The highest BCUT2D eigenvalue weighted by molar-refractivity contribution is 8.00. The average Bonchev–Trinajstić information content (AvgIpc) is 3.05. The summed E-state index contributed by atoms with van der Waals surface area (Å²) in [5.74, 6) is 2.31. The molecule has 3 heterocycles. The first-order valence-electron chi connectivity index (χ1n) is 8.96. The predicted octanol–water partition coefficient (Wildman–Crippen LogP) is 1.54. The van der Waals surface area contributed by atoms with E-state index in [0.717, 1.165) is 37.7 Å². The molecule has 2 aliphatic rings. The first kappa shape index (κ1) is 18.7. The van der Waals surface area contributed by atoms with Gasteiger partial charge in [0.1, 0.15) is 5.82 Å². The molecule has 2 aliphatic heterocycles. The van der Waals surface area contributed by atoms with Crippen molar-refractivity contribution >= 4 is 17.7 Å². The number of carbonyl (C=O) groups is 1. The number of nitrogens with two attached hydrogens (primary N) is 1. The van der Waals surface area contributed by atoms with E-state index in [-0.39, 0.29) is 16.7 Å². The molecule has 1 amide bonds. The maximum Gasteiger partial charge on any atom is 0.241 e. The van der Waals surface area contributed by atoms with Gasteiger partial charge in [-0.15, -0.1) is 10.2 Å². The van der Waals surface area contributed by atoms with Crippen LogP contribution in [0.15, 0.2) is 0 Å². The Labute approximate surface area is 153 Å². The van der Waals surface area contributed by atoms with Crippen LogP contribution in [0, 0.1) is 0 Å². The van der Waals surface area contributed by atoms with Gasteiger partial charge in [0.25, 0.3) is 0 Å². The van der Waals surface area contributed by atoms with Gasteiger partial charge in [-0.1, -0.05) is 0 Å². The Bertz CT molecular complexity index is 627. The monoisotopic (exact) mass is 367 g/mol. The van der Waals surface area contributed by atoms with Crippen LogP contribution in [0.4, 0.5) is 0 Å². The van der Waals surface area contributed by atoms with Gasteiger partial charge in [0.05, 0.1) is 18.6 Å². The number of aromatic nitrogens is 3. The zero-order chi connectivity index (χ0) is 18.2. The van der Waals surface area contributed by atoms with Crippen LogP contribution in [0.3, 0.4) is 0 Å². The van der Waals surface area contributed by atoms with Gasteiger partial charge in [-0.25, -0.2) is 0 Å². The minimum Gasteiger partial charge on any atom is -0.381 e. The molecule has 7 nitrogen and oxygen atoms in total. The highest BCUT2D eigenvalue weighted by atomic mass is 32.2. The topological polar surface area (TPSA) is 86.3 Å². The molecule has 0 aromatic carbocycles. The van der Waals surface area contributed by atoms with E-state index < -0.39 is 6.04 Å². The van der Waals surface area contributed by atoms with Gasteiger partial charge in [-0.3, -0.25) is 4.79 Å². The van der Waals surface area contributed by atoms with Gasteiger partial charge in [0.15, 0.2) is 5.82 Å². The van der Waals surface area contributed by atoms with Crippen molar-refractivity contribution in [1.82, 2.24) is 19.7 Å². The first-order chi connectivity index (χ1) is 11.8. The fourth-order valence-corrected chi connectivity index (χ4v) is 3.94. The highest BCUT2D eigenvalue weighted by Gasteiger charge is 2.38. The molecule has 0 radical (unpaired) electrons. The zero-order valence-corrected chi connectivity index (χ0v) is 16.4. The van der Waals surface area contributed by atoms with Crippen LogP contribution in [0.25, 0.3) is 0 Å². The Morgan fingerprint density at radius 3 is 2.68 bits per heavy atom. The van der Waals surface area contributed by atoms with Crippen LogP contribution in [0.1, 0.15) is 57.2 Å². The molecule has 1 aromatic rings. The Morgan fingerprint density at radius 2 is 2.04 bits per heavy atom. The zero-order valence-electron chi connectivity index (χ0n) is 15.6. The summed E-state index contributed by atoms with van der Waals surface area (Å²) in [4.78, 5) is 14.7. The maximum absolute atomic E-state index is 12.9. The van der Waals surface area contributed by atoms with Crippen molar-refractivity contribution in [3.63, 3.8) is 0 Å². The molecule has 0 spiro atoms. The standard InChI is InChI=1S/C17H29N5O2S/c1-11-9-21(16(23)14(18)17(2,3)25-4)10-13-19-20-15(22(11)13)12-5-7-24-8-6-12/h11-12,14H,5-10,18H2,1-4H3/t11-,14+/m0/s1. The van der Waals surface area contributed by atoms with Crippen LogP contribution in [-0.2, 0) is 16.1 Å². The van der Waals surface area contributed by atoms with Crippen molar-refractivity contribution in [1.29, 1.82) is 0 Å². The summed E-state index contributed by atoms with van der Waals surface area (Å²) in [5.41, 5.74) is 6.26. The average molecular weight is 368 g/mol. The third-order valence-electron chi connectivity index (χ3n) is 5.49. The predicted molar refractivity (Wildman–Crippen MR) is 98.5 cm³/mol. The third kappa shape index (κ3) is 3.57.